The lowest BCUT2D eigenvalue weighted by Gasteiger charge is -1.97. The first kappa shape index (κ1) is 10.7. The van der Waals surface area contributed by atoms with Gasteiger partial charge in [-0.25, -0.2) is 4.98 Å². The van der Waals surface area contributed by atoms with Gasteiger partial charge in [-0.05, 0) is 31.9 Å². The number of nitrogens with one attached hydrogen (secondary N) is 1. The molecule has 1 N–H and O–H groups in total. The summed E-state index contributed by atoms with van der Waals surface area (Å²) in [5, 5.41) is 8.84. The van der Waals surface area contributed by atoms with Gasteiger partial charge in [0.05, 0.1) is 10.4 Å². The van der Waals surface area contributed by atoms with Gasteiger partial charge in [0.2, 0.25) is 0 Å². The van der Waals surface area contributed by atoms with Gasteiger partial charge in [0.1, 0.15) is 10.3 Å². The smallest absolute Gasteiger partial charge is 0.126 e. The number of fused-ring (bicyclic) bond motifs is 3. The van der Waals surface area contributed by atoms with Crippen LogP contribution >= 0.6 is 11.3 Å². The molecule has 0 unspecified atom stereocenters. The molecular formula is C13H15N3S. The van der Waals surface area contributed by atoms with Gasteiger partial charge in [0.25, 0.3) is 0 Å². The van der Waals surface area contributed by atoms with E-state index in [0.717, 1.165) is 28.9 Å². The average molecular weight is 245 g/mol. The number of pyridine rings is 1. The van der Waals surface area contributed by atoms with Crippen LogP contribution in [0.25, 0.3) is 20.4 Å². The van der Waals surface area contributed by atoms with Gasteiger partial charge in [0.15, 0.2) is 0 Å². The number of aromatic amines is 1. The number of thiophene rings is 1. The van der Waals surface area contributed by atoms with E-state index in [0.29, 0.717) is 0 Å². The number of aromatic nitrogens is 3. The third kappa shape index (κ3) is 1.55. The van der Waals surface area contributed by atoms with Crippen molar-refractivity contribution in [3.63, 3.8) is 0 Å². The largest absolute Gasteiger partial charge is 0.280 e. The number of H-pyrrole nitrogens is 1. The predicted octanol–water partition coefficient (Wildman–Crippen LogP) is 3.74. The summed E-state index contributed by atoms with van der Waals surface area (Å²) in [7, 11) is 0. The van der Waals surface area contributed by atoms with Crippen LogP contribution in [-0.4, -0.2) is 15.2 Å². The molecule has 3 aromatic heterocycles. The predicted molar refractivity (Wildman–Crippen MR) is 72.7 cm³/mol. The number of nitrogens with zero attached hydrogens (tertiary/aromatic N) is 2. The van der Waals surface area contributed by atoms with Gasteiger partial charge in [-0.2, -0.15) is 5.10 Å². The van der Waals surface area contributed by atoms with Gasteiger partial charge < -0.3 is 0 Å². The Hall–Kier alpha value is -1.42. The van der Waals surface area contributed by atoms with Crippen molar-refractivity contribution in [2.75, 3.05) is 0 Å². The van der Waals surface area contributed by atoms with E-state index in [1.807, 2.05) is 6.92 Å². The molecule has 0 amide bonds. The minimum atomic E-state index is 1.06. The van der Waals surface area contributed by atoms with Crippen LogP contribution in [0, 0.1) is 13.8 Å². The molecule has 88 valence electrons. The summed E-state index contributed by atoms with van der Waals surface area (Å²) < 4.78 is 1.28. The summed E-state index contributed by atoms with van der Waals surface area (Å²) in [6.45, 7) is 6.37. The molecule has 4 heteroatoms. The lowest BCUT2D eigenvalue weighted by Crippen LogP contribution is -1.84. The molecule has 0 aliphatic carbocycles. The van der Waals surface area contributed by atoms with Crippen molar-refractivity contribution in [2.45, 2.75) is 33.6 Å². The Morgan fingerprint density at radius 2 is 2.18 bits per heavy atom. The van der Waals surface area contributed by atoms with Gasteiger partial charge in [-0.15, -0.1) is 11.3 Å². The fraction of sp³-hybridized carbons (Fsp3) is 0.385. The molecule has 17 heavy (non-hydrogen) atoms. The number of aryl methyl sites for hydroxylation is 3. The van der Waals surface area contributed by atoms with Crippen molar-refractivity contribution in [3.8, 4) is 0 Å². The summed E-state index contributed by atoms with van der Waals surface area (Å²) in [6, 6.07) is 2.13. The quantitative estimate of drug-likeness (QED) is 0.747. The Kier molecular flexibility index (Phi) is 2.40. The standard InChI is InChI=1S/C13H15N3S/c1-4-5-9-12-11(16-15-9)10-7(2)6-8(3)14-13(10)17-12/h6H,4-5H2,1-3H3,(H,15,16). The first-order valence-electron chi connectivity index (χ1n) is 5.94. The van der Waals surface area contributed by atoms with Gasteiger partial charge in [-0.3, -0.25) is 5.10 Å². The van der Waals surface area contributed by atoms with Gasteiger partial charge in [-0.1, -0.05) is 13.3 Å². The highest BCUT2D eigenvalue weighted by Crippen LogP contribution is 2.35. The molecule has 0 radical (unpaired) electrons. The third-order valence-corrected chi connectivity index (χ3v) is 4.17. The van der Waals surface area contributed by atoms with E-state index >= 15 is 0 Å². The third-order valence-electron chi connectivity index (χ3n) is 3.04. The van der Waals surface area contributed by atoms with E-state index in [-0.39, 0.29) is 0 Å². The first-order valence-corrected chi connectivity index (χ1v) is 6.76. The van der Waals surface area contributed by atoms with Crippen LogP contribution in [0.4, 0.5) is 0 Å². The molecular weight excluding hydrogens is 230 g/mol. The highest BCUT2D eigenvalue weighted by molar-refractivity contribution is 7.25. The zero-order valence-electron chi connectivity index (χ0n) is 10.3. The van der Waals surface area contributed by atoms with Crippen molar-refractivity contribution in [3.05, 3.63) is 23.0 Å². The maximum atomic E-state index is 4.61. The minimum Gasteiger partial charge on any atom is -0.280 e. The van der Waals surface area contributed by atoms with Gasteiger partial charge >= 0.3 is 0 Å². The Labute approximate surface area is 104 Å². The number of hydrogen-bond acceptors (Lipinski definition) is 3. The molecule has 3 aromatic rings. The lowest BCUT2D eigenvalue weighted by molar-refractivity contribution is 0.875. The van der Waals surface area contributed by atoms with Crippen LogP contribution in [0.15, 0.2) is 6.07 Å². The highest BCUT2D eigenvalue weighted by atomic mass is 32.1. The molecule has 0 fully saturated rings. The summed E-state index contributed by atoms with van der Waals surface area (Å²) in [4.78, 5) is 5.73. The SMILES string of the molecule is CCCc1[nH]nc2c1sc1nc(C)cc(C)c12. The molecule has 0 saturated heterocycles. The summed E-state index contributed by atoms with van der Waals surface area (Å²) >= 11 is 1.76. The van der Waals surface area contributed by atoms with Crippen LogP contribution in [0.3, 0.4) is 0 Å². The van der Waals surface area contributed by atoms with Crippen molar-refractivity contribution in [1.82, 2.24) is 15.2 Å². The second-order valence-corrected chi connectivity index (χ2v) is 5.49. The molecule has 0 aromatic carbocycles. The fourth-order valence-electron chi connectivity index (χ4n) is 2.33. The van der Waals surface area contributed by atoms with Crippen molar-refractivity contribution >= 4 is 31.8 Å². The summed E-state index contributed by atoms with van der Waals surface area (Å²) in [6.07, 6.45) is 2.19. The Morgan fingerprint density at radius 3 is 2.94 bits per heavy atom. The highest BCUT2D eigenvalue weighted by Gasteiger charge is 2.14. The number of hydrogen-bond donors (Lipinski definition) is 1. The molecule has 0 aliphatic rings. The zero-order chi connectivity index (χ0) is 12.0. The second-order valence-electron chi connectivity index (χ2n) is 4.49. The molecule has 0 aliphatic heterocycles. The molecule has 0 spiro atoms. The Morgan fingerprint density at radius 1 is 1.35 bits per heavy atom. The second kappa shape index (κ2) is 3.81. The van der Waals surface area contributed by atoms with Crippen LogP contribution in [0.1, 0.15) is 30.3 Å². The van der Waals surface area contributed by atoms with Crippen LogP contribution < -0.4 is 0 Å². The maximum absolute atomic E-state index is 4.61. The fourth-order valence-corrected chi connectivity index (χ4v) is 3.59. The normalized spacial score (nSPS) is 11.7. The van der Waals surface area contributed by atoms with Crippen molar-refractivity contribution in [1.29, 1.82) is 0 Å². The topological polar surface area (TPSA) is 41.6 Å². The molecule has 0 atom stereocenters. The monoisotopic (exact) mass is 245 g/mol. The molecule has 0 saturated carbocycles. The molecule has 3 rings (SSSR count). The van der Waals surface area contributed by atoms with E-state index in [9.17, 15) is 0 Å². The zero-order valence-corrected chi connectivity index (χ0v) is 11.1. The maximum Gasteiger partial charge on any atom is 0.126 e. The van der Waals surface area contributed by atoms with Crippen molar-refractivity contribution in [2.24, 2.45) is 0 Å². The van der Waals surface area contributed by atoms with Crippen LogP contribution in [0.2, 0.25) is 0 Å². The molecule has 3 heterocycles. The van der Waals surface area contributed by atoms with E-state index in [1.165, 1.54) is 21.3 Å². The molecule has 0 bridgehead atoms. The Balaban J connectivity index is 2.38. The molecule has 3 nitrogen and oxygen atoms in total. The Bertz CT molecular complexity index is 693. The average Bonchev–Trinajstić information content (AvgIpc) is 2.78. The van der Waals surface area contributed by atoms with E-state index in [1.54, 1.807) is 11.3 Å². The van der Waals surface area contributed by atoms with E-state index in [2.05, 4.69) is 35.1 Å². The summed E-state index contributed by atoms with van der Waals surface area (Å²) in [5.74, 6) is 0. The van der Waals surface area contributed by atoms with Crippen LogP contribution in [-0.2, 0) is 6.42 Å². The summed E-state index contributed by atoms with van der Waals surface area (Å²) in [5.41, 5.74) is 4.70. The van der Waals surface area contributed by atoms with E-state index in [4.69, 9.17) is 0 Å². The first-order chi connectivity index (χ1) is 8.20. The minimum absolute atomic E-state index is 1.06. The van der Waals surface area contributed by atoms with Crippen LogP contribution in [0.5, 0.6) is 0 Å². The lowest BCUT2D eigenvalue weighted by atomic mass is 10.1. The van der Waals surface area contributed by atoms with E-state index < -0.39 is 0 Å². The van der Waals surface area contributed by atoms with Crippen molar-refractivity contribution < 1.29 is 0 Å². The van der Waals surface area contributed by atoms with Gasteiger partial charge in [0, 0.05) is 11.1 Å². The number of rotatable bonds is 2.